The van der Waals surface area contributed by atoms with Crippen molar-refractivity contribution in [2.45, 2.75) is 18.9 Å². The number of carbonyl (C=O) groups is 1. The monoisotopic (exact) mass is 331 g/mol. The molecule has 0 saturated heterocycles. The summed E-state index contributed by atoms with van der Waals surface area (Å²) in [7, 11) is 1.64. The second kappa shape index (κ2) is 6.04. The van der Waals surface area contributed by atoms with Gasteiger partial charge in [0.15, 0.2) is 0 Å². The van der Waals surface area contributed by atoms with E-state index in [-0.39, 0.29) is 5.91 Å². The molecular weight excluding hydrogens is 318 g/mol. The van der Waals surface area contributed by atoms with E-state index in [0.29, 0.717) is 29.8 Å². The fourth-order valence-electron chi connectivity index (χ4n) is 1.85. The molecule has 1 aliphatic carbocycles. The smallest absolute Gasteiger partial charge is 0.255 e. The first kappa shape index (κ1) is 13.8. The first-order valence-electron chi connectivity index (χ1n) is 5.89. The number of methoxy groups -OCH3 is 1. The molecule has 0 unspecified atom stereocenters. The van der Waals surface area contributed by atoms with Crippen LogP contribution in [-0.2, 0) is 4.74 Å². The molecule has 1 fully saturated rings. The van der Waals surface area contributed by atoms with Crippen molar-refractivity contribution < 1.29 is 9.53 Å². The lowest BCUT2D eigenvalue weighted by molar-refractivity contribution is 0.0680. The maximum absolute atomic E-state index is 12.5. The number of nitrogens with zero attached hydrogens (tertiary/aromatic N) is 1. The molecule has 0 heterocycles. The zero-order valence-corrected chi connectivity index (χ0v) is 12.5. The molecule has 5 heteroatoms. The lowest BCUT2D eigenvalue weighted by atomic mass is 10.2. The van der Waals surface area contributed by atoms with E-state index in [2.05, 4.69) is 15.9 Å². The van der Waals surface area contributed by atoms with Crippen LogP contribution in [0.25, 0.3) is 0 Å². The summed E-state index contributed by atoms with van der Waals surface area (Å²) in [5.74, 6) is -0.0131. The van der Waals surface area contributed by atoms with Crippen LogP contribution in [0.1, 0.15) is 23.2 Å². The number of benzene rings is 1. The van der Waals surface area contributed by atoms with Crippen molar-refractivity contribution in [1.29, 1.82) is 0 Å². The van der Waals surface area contributed by atoms with Crippen molar-refractivity contribution in [2.75, 3.05) is 20.3 Å². The summed E-state index contributed by atoms with van der Waals surface area (Å²) in [6.45, 7) is 1.16. The largest absolute Gasteiger partial charge is 0.383 e. The summed E-state index contributed by atoms with van der Waals surface area (Å²) >= 11 is 9.51. The van der Waals surface area contributed by atoms with E-state index in [0.717, 1.165) is 17.3 Å². The maximum Gasteiger partial charge on any atom is 0.255 e. The van der Waals surface area contributed by atoms with Gasteiger partial charge in [0.1, 0.15) is 0 Å². The molecule has 1 amide bonds. The minimum Gasteiger partial charge on any atom is -0.383 e. The van der Waals surface area contributed by atoms with Gasteiger partial charge in [-0.05, 0) is 40.9 Å². The third-order valence-corrected chi connectivity index (χ3v) is 4.26. The van der Waals surface area contributed by atoms with E-state index < -0.39 is 0 Å². The van der Waals surface area contributed by atoms with Crippen molar-refractivity contribution in [3.63, 3.8) is 0 Å². The minimum atomic E-state index is -0.0131. The first-order chi connectivity index (χ1) is 8.65. The minimum absolute atomic E-state index is 0.0131. The topological polar surface area (TPSA) is 29.5 Å². The number of rotatable bonds is 5. The average molecular weight is 333 g/mol. The lowest BCUT2D eigenvalue weighted by Gasteiger charge is -2.22. The van der Waals surface area contributed by atoms with Gasteiger partial charge in [-0.15, -0.1) is 0 Å². The van der Waals surface area contributed by atoms with Crippen molar-refractivity contribution in [3.8, 4) is 0 Å². The molecule has 0 radical (unpaired) electrons. The highest BCUT2D eigenvalue weighted by Crippen LogP contribution is 2.31. The quantitative estimate of drug-likeness (QED) is 0.827. The Hall–Kier alpha value is -0.580. The zero-order chi connectivity index (χ0) is 13.1. The van der Waals surface area contributed by atoms with Gasteiger partial charge in [0.2, 0.25) is 0 Å². The van der Waals surface area contributed by atoms with Crippen LogP contribution in [0.4, 0.5) is 0 Å². The molecular formula is C13H15BrClNO2. The Balaban J connectivity index is 2.19. The van der Waals surface area contributed by atoms with Gasteiger partial charge >= 0.3 is 0 Å². The van der Waals surface area contributed by atoms with Gasteiger partial charge in [-0.1, -0.05) is 17.7 Å². The Labute approximate surface area is 120 Å². The fourth-order valence-corrected chi connectivity index (χ4v) is 2.42. The molecule has 18 heavy (non-hydrogen) atoms. The zero-order valence-electron chi connectivity index (χ0n) is 10.2. The molecule has 0 atom stereocenters. The highest BCUT2D eigenvalue weighted by molar-refractivity contribution is 9.10. The molecule has 1 saturated carbocycles. The first-order valence-corrected chi connectivity index (χ1v) is 7.06. The van der Waals surface area contributed by atoms with Crippen molar-refractivity contribution in [3.05, 3.63) is 33.3 Å². The van der Waals surface area contributed by atoms with Crippen LogP contribution in [0.3, 0.4) is 0 Å². The summed E-state index contributed by atoms with van der Waals surface area (Å²) in [5, 5.41) is 0.477. The van der Waals surface area contributed by atoms with E-state index in [1.165, 1.54) is 0 Å². The highest BCUT2D eigenvalue weighted by atomic mass is 79.9. The number of hydrogen-bond acceptors (Lipinski definition) is 2. The Morgan fingerprint density at radius 1 is 1.56 bits per heavy atom. The summed E-state index contributed by atoms with van der Waals surface area (Å²) in [4.78, 5) is 14.3. The van der Waals surface area contributed by atoms with Crippen LogP contribution in [0.5, 0.6) is 0 Å². The number of ether oxygens (including phenoxy) is 1. The van der Waals surface area contributed by atoms with E-state index in [1.807, 2.05) is 17.0 Å². The predicted molar refractivity (Wildman–Crippen MR) is 75.1 cm³/mol. The van der Waals surface area contributed by atoms with E-state index in [4.69, 9.17) is 16.3 Å². The predicted octanol–water partition coefficient (Wildman–Crippen LogP) is 3.35. The second-order valence-corrected chi connectivity index (χ2v) is 5.56. The molecule has 98 valence electrons. The Morgan fingerprint density at radius 2 is 2.28 bits per heavy atom. The summed E-state index contributed by atoms with van der Waals surface area (Å²) in [6, 6.07) is 5.76. The average Bonchev–Trinajstić information content (AvgIpc) is 3.17. The number of carbonyl (C=O) groups excluding carboxylic acids is 1. The molecule has 1 aromatic rings. The van der Waals surface area contributed by atoms with Gasteiger partial charge < -0.3 is 9.64 Å². The van der Waals surface area contributed by atoms with Crippen LogP contribution in [0, 0.1) is 0 Å². The molecule has 1 aliphatic rings. The Bertz CT molecular complexity index is 449. The van der Waals surface area contributed by atoms with Crippen molar-refractivity contribution in [2.24, 2.45) is 0 Å². The van der Waals surface area contributed by atoms with Crippen molar-refractivity contribution >= 4 is 33.4 Å². The summed E-state index contributed by atoms with van der Waals surface area (Å²) < 4.78 is 5.80. The summed E-state index contributed by atoms with van der Waals surface area (Å²) in [6.07, 6.45) is 2.14. The fraction of sp³-hybridized carbons (Fsp3) is 0.462. The second-order valence-electron chi connectivity index (χ2n) is 4.32. The van der Waals surface area contributed by atoms with Crippen LogP contribution in [-0.4, -0.2) is 37.1 Å². The maximum atomic E-state index is 12.5. The molecule has 3 nitrogen and oxygen atoms in total. The van der Waals surface area contributed by atoms with Crippen LogP contribution in [0.15, 0.2) is 22.7 Å². The Kier molecular flexibility index (Phi) is 4.65. The highest BCUT2D eigenvalue weighted by Gasteiger charge is 2.33. The standard InChI is InChI=1S/C13H15BrClNO2/c1-18-8-7-16(9-5-6-9)13(17)10-3-2-4-11(14)12(10)15/h2-4,9H,5-8H2,1H3. The molecule has 0 spiro atoms. The Morgan fingerprint density at radius 3 is 2.89 bits per heavy atom. The molecule has 0 bridgehead atoms. The third-order valence-electron chi connectivity index (χ3n) is 2.97. The molecule has 1 aromatic carbocycles. The van der Waals surface area contributed by atoms with Crippen LogP contribution in [0.2, 0.25) is 5.02 Å². The van der Waals surface area contributed by atoms with Crippen molar-refractivity contribution in [1.82, 2.24) is 4.90 Å². The van der Waals surface area contributed by atoms with E-state index in [1.54, 1.807) is 13.2 Å². The van der Waals surface area contributed by atoms with E-state index in [9.17, 15) is 4.79 Å². The number of amides is 1. The van der Waals surface area contributed by atoms with Gasteiger partial charge in [0, 0.05) is 24.2 Å². The third kappa shape index (κ3) is 3.05. The SMILES string of the molecule is COCCN(C(=O)c1cccc(Br)c1Cl)C1CC1. The van der Waals surface area contributed by atoms with E-state index >= 15 is 0 Å². The normalized spacial score (nSPS) is 14.6. The summed E-state index contributed by atoms with van der Waals surface area (Å²) in [5.41, 5.74) is 0.550. The van der Waals surface area contributed by atoms with Gasteiger partial charge in [-0.25, -0.2) is 0 Å². The lowest BCUT2D eigenvalue weighted by Crippen LogP contribution is -2.36. The van der Waals surface area contributed by atoms with Gasteiger partial charge in [0.05, 0.1) is 17.2 Å². The van der Waals surface area contributed by atoms with Crippen LogP contribution >= 0.6 is 27.5 Å². The van der Waals surface area contributed by atoms with Crippen LogP contribution < -0.4 is 0 Å². The van der Waals surface area contributed by atoms with Gasteiger partial charge in [-0.2, -0.15) is 0 Å². The molecule has 0 aliphatic heterocycles. The van der Waals surface area contributed by atoms with Gasteiger partial charge in [-0.3, -0.25) is 4.79 Å². The molecule has 2 rings (SSSR count). The number of hydrogen-bond donors (Lipinski definition) is 0. The van der Waals surface area contributed by atoms with Gasteiger partial charge in [0.25, 0.3) is 5.91 Å². The molecule has 0 N–H and O–H groups in total. The number of halogens is 2. The molecule has 0 aromatic heterocycles.